The van der Waals surface area contributed by atoms with Crippen molar-refractivity contribution in [3.05, 3.63) is 0 Å². The van der Waals surface area contributed by atoms with E-state index < -0.39 is 85.8 Å². The van der Waals surface area contributed by atoms with Crippen molar-refractivity contribution < 1.29 is 69.0 Å². The van der Waals surface area contributed by atoms with Gasteiger partial charge in [-0.2, -0.15) is 0 Å². The first kappa shape index (κ1) is 39.0. The molecule has 8 fully saturated rings. The Hall–Kier alpha value is -0.850. The van der Waals surface area contributed by atoms with Crippen LogP contribution in [0, 0.1) is 52.3 Å². The second kappa shape index (κ2) is 14.2. The van der Waals surface area contributed by atoms with E-state index in [1.807, 2.05) is 0 Å². The van der Waals surface area contributed by atoms with Gasteiger partial charge in [0, 0.05) is 30.1 Å². The van der Waals surface area contributed by atoms with Crippen molar-refractivity contribution in [1.82, 2.24) is 0 Å². The topological polar surface area (TPSA) is 214 Å². The van der Waals surface area contributed by atoms with E-state index >= 15 is 0 Å². The lowest BCUT2D eigenvalue weighted by Gasteiger charge is -2.60. The van der Waals surface area contributed by atoms with E-state index in [1.54, 1.807) is 0 Å². The van der Waals surface area contributed by atoms with Gasteiger partial charge in [-0.3, -0.25) is 4.79 Å². The maximum absolute atomic E-state index is 14.5. The quantitative estimate of drug-likeness (QED) is 0.185. The van der Waals surface area contributed by atoms with E-state index in [9.17, 15) is 40.5 Å². The molecule has 0 amide bonds. The second-order valence-electron chi connectivity index (χ2n) is 18.6. The van der Waals surface area contributed by atoms with Crippen molar-refractivity contribution in [2.75, 3.05) is 19.8 Å². The number of carbonyl (C=O) groups excluding carboxylic acids is 1. The number of aliphatic hydroxyl groups excluding tert-OH is 7. The standard InChI is InChI=1S/C39H62O14/c1-17-7-10-39(48-16-17)18(2)28-24(53-39)12-23-21-6-5-19-11-20(8-9-37(19,3)22(21)13-27(42)38(23,28)4)49-35-33(47)31(45)34(26(15-41)51-35)52-36-32(46)30(44)29(43)25(14-40)50-36/h17-26,28-36,40-41,43-47H,5-16H2,1-4H3/t17-,18+,19-,20+,21-,22+,23+,24+,25-,26-,28+,29-,30+,31-,32-,33-,34-,35-,36+,37+,38-,39-/m1/s1. The van der Waals surface area contributed by atoms with E-state index in [4.69, 9.17) is 28.4 Å². The number of Topliss-reactive ketones (excluding diaryl/α,β-unsaturated/α-hetero) is 1. The van der Waals surface area contributed by atoms with Crippen LogP contribution in [0.15, 0.2) is 0 Å². The van der Waals surface area contributed by atoms with Crippen LogP contribution in [0.25, 0.3) is 0 Å². The SMILES string of the molecule is C[C@@H]1CC[C@@]2(OC1)O[C@H]1C[C@H]3[C@@H]4CC[C@@H]5C[C@@H](O[C@@H]6O[C@H](CO)[C@@H](O[C@@H]7O[C@H](CO)[C@@H](O)[C@H](O)[C@H]7O)[C@H](O)[C@H]6O)CC[C@]5(C)[C@H]4CC(=O)[C@]3(C)[C@H]1[C@@H]2C. The summed E-state index contributed by atoms with van der Waals surface area (Å²) in [5, 5.41) is 72.8. The molecule has 4 aliphatic carbocycles. The van der Waals surface area contributed by atoms with E-state index in [-0.39, 0.29) is 35.4 Å². The fraction of sp³-hybridized carbons (Fsp3) is 0.974. The van der Waals surface area contributed by atoms with Crippen LogP contribution >= 0.6 is 0 Å². The van der Waals surface area contributed by atoms with Gasteiger partial charge in [-0.25, -0.2) is 0 Å². The molecule has 0 radical (unpaired) electrons. The van der Waals surface area contributed by atoms with Gasteiger partial charge >= 0.3 is 0 Å². The Morgan fingerprint density at radius 2 is 1.47 bits per heavy atom. The zero-order valence-corrected chi connectivity index (χ0v) is 31.4. The molecule has 1 spiro atoms. The summed E-state index contributed by atoms with van der Waals surface area (Å²) in [7, 11) is 0. The molecule has 53 heavy (non-hydrogen) atoms. The van der Waals surface area contributed by atoms with Gasteiger partial charge in [0.05, 0.1) is 32.0 Å². The molecule has 14 heteroatoms. The molecule has 0 bridgehead atoms. The molecule has 302 valence electrons. The molecule has 14 nitrogen and oxygen atoms in total. The smallest absolute Gasteiger partial charge is 0.187 e. The van der Waals surface area contributed by atoms with Crippen LogP contribution in [-0.2, 0) is 33.2 Å². The van der Waals surface area contributed by atoms with E-state index in [0.29, 0.717) is 48.9 Å². The monoisotopic (exact) mass is 754 g/mol. The Balaban J connectivity index is 0.909. The Kier molecular flexibility index (Phi) is 10.5. The fourth-order valence-corrected chi connectivity index (χ4v) is 12.9. The van der Waals surface area contributed by atoms with E-state index in [0.717, 1.165) is 44.9 Å². The zero-order chi connectivity index (χ0) is 37.8. The minimum Gasteiger partial charge on any atom is -0.394 e. The molecule has 22 atom stereocenters. The summed E-state index contributed by atoms with van der Waals surface area (Å²) in [6.45, 7) is 8.51. The molecule has 7 N–H and O–H groups in total. The minimum atomic E-state index is -1.73. The molecule has 4 heterocycles. The lowest BCUT2D eigenvalue weighted by atomic mass is 9.44. The summed E-state index contributed by atoms with van der Waals surface area (Å²) in [6.07, 6.45) is -7.31. The Labute approximate surface area is 311 Å². The van der Waals surface area contributed by atoms with Crippen molar-refractivity contribution >= 4 is 5.78 Å². The van der Waals surface area contributed by atoms with Crippen LogP contribution in [0.5, 0.6) is 0 Å². The number of fused-ring (bicyclic) bond motifs is 7. The second-order valence-corrected chi connectivity index (χ2v) is 18.6. The molecular weight excluding hydrogens is 692 g/mol. The van der Waals surface area contributed by atoms with E-state index in [1.165, 1.54) is 0 Å². The molecule has 8 aliphatic rings. The molecule has 0 aromatic heterocycles. The highest BCUT2D eigenvalue weighted by atomic mass is 16.7. The third kappa shape index (κ3) is 6.03. The summed E-state index contributed by atoms with van der Waals surface area (Å²) in [5.41, 5.74) is -0.453. The normalized spacial score (nSPS) is 58.2. The summed E-state index contributed by atoms with van der Waals surface area (Å²) in [4.78, 5) is 14.5. The number of hydrogen-bond acceptors (Lipinski definition) is 14. The molecule has 4 saturated heterocycles. The Bertz CT molecular complexity index is 1340. The van der Waals surface area contributed by atoms with Crippen LogP contribution < -0.4 is 0 Å². The fourth-order valence-electron chi connectivity index (χ4n) is 12.9. The van der Waals surface area contributed by atoms with Crippen molar-refractivity contribution in [3.8, 4) is 0 Å². The molecule has 0 aromatic carbocycles. The number of hydrogen-bond donors (Lipinski definition) is 7. The van der Waals surface area contributed by atoms with Gasteiger partial charge < -0.3 is 64.2 Å². The van der Waals surface area contributed by atoms with Gasteiger partial charge in [0.25, 0.3) is 0 Å². The predicted octanol–water partition coefficient (Wildman–Crippen LogP) is 0.621. The molecule has 8 rings (SSSR count). The minimum absolute atomic E-state index is 0.0443. The summed E-state index contributed by atoms with van der Waals surface area (Å²) in [5.74, 6) is 2.02. The van der Waals surface area contributed by atoms with Crippen LogP contribution in [-0.4, -0.2) is 141 Å². The molecule has 4 aliphatic heterocycles. The number of rotatable bonds is 6. The van der Waals surface area contributed by atoms with Gasteiger partial charge in [-0.1, -0.05) is 27.7 Å². The average Bonchev–Trinajstić information content (AvgIpc) is 3.59. The van der Waals surface area contributed by atoms with Crippen molar-refractivity contribution in [2.45, 2.75) is 165 Å². The van der Waals surface area contributed by atoms with Crippen LogP contribution in [0.1, 0.15) is 85.5 Å². The Morgan fingerprint density at radius 1 is 0.774 bits per heavy atom. The molecule has 0 unspecified atom stereocenters. The molecule has 0 aromatic rings. The lowest BCUT2D eigenvalue weighted by Crippen LogP contribution is -2.65. The van der Waals surface area contributed by atoms with Crippen LogP contribution in [0.3, 0.4) is 0 Å². The maximum Gasteiger partial charge on any atom is 0.187 e. The van der Waals surface area contributed by atoms with Gasteiger partial charge in [-0.05, 0) is 80.0 Å². The molecule has 4 saturated carbocycles. The summed E-state index contributed by atoms with van der Waals surface area (Å²) < 4.78 is 36.7. The largest absolute Gasteiger partial charge is 0.394 e. The van der Waals surface area contributed by atoms with Gasteiger partial charge in [-0.15, -0.1) is 0 Å². The highest BCUT2D eigenvalue weighted by Crippen LogP contribution is 2.70. The maximum atomic E-state index is 14.5. The first-order valence-corrected chi connectivity index (χ1v) is 20.3. The van der Waals surface area contributed by atoms with Crippen LogP contribution in [0.4, 0.5) is 0 Å². The highest BCUT2D eigenvalue weighted by molar-refractivity contribution is 5.87. The van der Waals surface area contributed by atoms with Crippen LogP contribution in [0.2, 0.25) is 0 Å². The number of aliphatic hydroxyl groups is 7. The molecular formula is C39H62O14. The van der Waals surface area contributed by atoms with Crippen molar-refractivity contribution in [1.29, 1.82) is 0 Å². The van der Waals surface area contributed by atoms with Crippen molar-refractivity contribution in [2.24, 2.45) is 52.3 Å². The lowest BCUT2D eigenvalue weighted by molar-refractivity contribution is -0.364. The zero-order valence-electron chi connectivity index (χ0n) is 31.4. The summed E-state index contributed by atoms with van der Waals surface area (Å²) in [6, 6.07) is 0. The van der Waals surface area contributed by atoms with Gasteiger partial charge in [0.2, 0.25) is 0 Å². The van der Waals surface area contributed by atoms with E-state index in [2.05, 4.69) is 27.7 Å². The average molecular weight is 755 g/mol. The van der Waals surface area contributed by atoms with Crippen molar-refractivity contribution in [3.63, 3.8) is 0 Å². The van der Waals surface area contributed by atoms with Gasteiger partial charge in [0.15, 0.2) is 18.4 Å². The third-order valence-electron chi connectivity index (χ3n) is 16.0. The summed E-state index contributed by atoms with van der Waals surface area (Å²) >= 11 is 0. The van der Waals surface area contributed by atoms with Gasteiger partial charge in [0.1, 0.15) is 54.6 Å². The number of ketones is 1. The third-order valence-corrected chi connectivity index (χ3v) is 16.0. The first-order chi connectivity index (χ1) is 25.2. The first-order valence-electron chi connectivity index (χ1n) is 20.3. The number of carbonyl (C=O) groups is 1. The number of ether oxygens (including phenoxy) is 6. The Morgan fingerprint density at radius 3 is 2.17 bits per heavy atom. The predicted molar refractivity (Wildman–Crippen MR) is 183 cm³/mol. The highest BCUT2D eigenvalue weighted by Gasteiger charge is 2.72.